The van der Waals surface area contributed by atoms with E-state index < -0.39 is 0 Å². The first-order valence-corrected chi connectivity index (χ1v) is 13.7. The van der Waals surface area contributed by atoms with E-state index in [0.29, 0.717) is 47.5 Å². The van der Waals surface area contributed by atoms with Crippen LogP contribution in [0.5, 0.6) is 5.75 Å². The lowest BCUT2D eigenvalue weighted by molar-refractivity contribution is 0.0860. The van der Waals surface area contributed by atoms with Crippen LogP contribution in [0.1, 0.15) is 71.1 Å². The number of methoxy groups -OCH3 is 1. The number of hydrogen-bond acceptors (Lipinski definition) is 10. The lowest BCUT2D eigenvalue weighted by Crippen LogP contribution is -2.39. The molecule has 5 rings (SSSR count). The van der Waals surface area contributed by atoms with Gasteiger partial charge in [-0.1, -0.05) is 41.2 Å². The zero-order valence-electron chi connectivity index (χ0n) is 21.5. The van der Waals surface area contributed by atoms with Crippen molar-refractivity contribution in [3.05, 3.63) is 52.2 Å². The number of nitrogens with one attached hydrogen (secondary N) is 2. The van der Waals surface area contributed by atoms with Gasteiger partial charge in [0.2, 0.25) is 5.95 Å². The third-order valence-corrected chi connectivity index (χ3v) is 7.94. The number of carbonyl (C=O) groups is 1. The molecule has 3 heterocycles. The van der Waals surface area contributed by atoms with E-state index in [-0.39, 0.29) is 35.5 Å². The molecule has 10 nitrogen and oxygen atoms in total. The van der Waals surface area contributed by atoms with E-state index in [1.54, 1.807) is 0 Å². The van der Waals surface area contributed by atoms with Gasteiger partial charge in [0.25, 0.3) is 5.91 Å². The predicted molar refractivity (Wildman–Crippen MR) is 145 cm³/mol. The summed E-state index contributed by atoms with van der Waals surface area (Å²) >= 11 is 1.19. The maximum Gasteiger partial charge on any atom is 0.274 e. The molecule has 1 saturated heterocycles. The Morgan fingerprint density at radius 3 is 2.63 bits per heavy atom. The van der Waals surface area contributed by atoms with Crippen LogP contribution in [0.3, 0.4) is 0 Å². The molecule has 3 N–H and O–H groups in total. The van der Waals surface area contributed by atoms with Gasteiger partial charge in [0, 0.05) is 12.6 Å². The number of aliphatic hydroxyl groups is 1. The van der Waals surface area contributed by atoms with Crippen molar-refractivity contribution < 1.29 is 14.6 Å². The minimum atomic E-state index is -0.349. The topological polar surface area (TPSA) is 136 Å². The maximum absolute atomic E-state index is 13.5. The van der Waals surface area contributed by atoms with Gasteiger partial charge >= 0.3 is 0 Å². The number of aliphatic hydroxyl groups excluding tert-OH is 1. The normalized spacial score (nSPS) is 21.1. The van der Waals surface area contributed by atoms with Crippen molar-refractivity contribution in [2.75, 3.05) is 23.9 Å². The first-order chi connectivity index (χ1) is 18.4. The Bertz CT molecular complexity index is 1330. The van der Waals surface area contributed by atoms with Gasteiger partial charge < -0.3 is 25.4 Å². The number of hydrogen-bond donors (Lipinski definition) is 3. The van der Waals surface area contributed by atoms with Crippen molar-refractivity contribution in [2.24, 2.45) is 0 Å². The van der Waals surface area contributed by atoms with Gasteiger partial charge in [0.05, 0.1) is 25.5 Å². The molecule has 3 aromatic rings. The number of aromatic nitrogens is 3. The summed E-state index contributed by atoms with van der Waals surface area (Å²) in [5, 5.41) is 25.8. The Balaban J connectivity index is 1.52. The molecule has 0 spiro atoms. The van der Waals surface area contributed by atoms with Gasteiger partial charge in [-0.3, -0.25) is 4.79 Å². The zero-order valence-corrected chi connectivity index (χ0v) is 22.3. The number of carbonyl (C=O) groups excluding carboxylic acids is 1. The van der Waals surface area contributed by atoms with Crippen molar-refractivity contribution in [2.45, 2.75) is 63.6 Å². The number of benzene rings is 1. The number of aryl methyl sites for hydroxylation is 1. The molecule has 1 saturated carbocycles. The van der Waals surface area contributed by atoms with Crippen LogP contribution in [0.25, 0.3) is 0 Å². The molecule has 1 atom stereocenters. The van der Waals surface area contributed by atoms with Crippen LogP contribution < -0.4 is 20.3 Å². The molecular formula is C27H31N7O3S. The fraction of sp³-hybridized carbons (Fsp3) is 0.444. The largest absolute Gasteiger partial charge is 0.491 e. The second-order valence-corrected chi connectivity index (χ2v) is 10.8. The molecule has 1 aliphatic carbocycles. The van der Waals surface area contributed by atoms with E-state index in [4.69, 9.17) is 14.7 Å². The smallest absolute Gasteiger partial charge is 0.274 e. The Hall–Kier alpha value is -3.75. The van der Waals surface area contributed by atoms with E-state index in [1.807, 2.05) is 0 Å². The molecule has 11 heteroatoms. The Labute approximate surface area is 225 Å². The molecule has 2 aromatic heterocycles. The van der Waals surface area contributed by atoms with Gasteiger partial charge in [0.15, 0.2) is 22.4 Å². The number of anilines is 3. The lowest BCUT2D eigenvalue weighted by Gasteiger charge is -2.28. The first kappa shape index (κ1) is 25.9. The Morgan fingerprint density at radius 2 is 1.95 bits per heavy atom. The first-order valence-electron chi connectivity index (χ1n) is 12.9. The van der Waals surface area contributed by atoms with E-state index in [1.165, 1.54) is 35.8 Å². The van der Waals surface area contributed by atoms with Gasteiger partial charge in [-0.25, -0.2) is 9.97 Å². The molecule has 1 amide bonds. The van der Waals surface area contributed by atoms with Crippen molar-refractivity contribution in [1.29, 1.82) is 5.26 Å². The van der Waals surface area contributed by atoms with Crippen molar-refractivity contribution in [1.82, 2.24) is 20.3 Å². The van der Waals surface area contributed by atoms with Gasteiger partial charge in [-0.15, -0.1) is 0 Å². The van der Waals surface area contributed by atoms with Gasteiger partial charge in [-0.2, -0.15) is 10.2 Å². The fourth-order valence-electron chi connectivity index (χ4n) is 5.10. The number of ether oxygens (including phenoxy) is 1. The summed E-state index contributed by atoms with van der Waals surface area (Å²) in [6, 6.07) is 10.6. The molecule has 1 aliphatic heterocycles. The number of nitrogens with zero attached hydrogens (tertiary/aromatic N) is 5. The van der Waals surface area contributed by atoms with Crippen LogP contribution in [-0.2, 0) is 0 Å². The number of thiazole rings is 1. The molecule has 38 heavy (non-hydrogen) atoms. The Kier molecular flexibility index (Phi) is 7.72. The quantitative estimate of drug-likeness (QED) is 0.407. The highest BCUT2D eigenvalue weighted by Crippen LogP contribution is 2.38. The highest BCUT2D eigenvalue weighted by atomic mass is 32.1. The van der Waals surface area contributed by atoms with E-state index in [9.17, 15) is 15.2 Å². The van der Waals surface area contributed by atoms with Crippen molar-refractivity contribution >= 4 is 34.1 Å². The minimum absolute atomic E-state index is 0.0466. The van der Waals surface area contributed by atoms with E-state index in [2.05, 4.69) is 57.8 Å². The average molecular weight is 534 g/mol. The lowest BCUT2D eigenvalue weighted by atomic mass is 9.93. The molecule has 1 unspecified atom stereocenters. The Morgan fingerprint density at radius 1 is 1.18 bits per heavy atom. The monoisotopic (exact) mass is 533 g/mol. The number of amides is 1. The van der Waals surface area contributed by atoms with Crippen LogP contribution in [0.4, 0.5) is 16.9 Å². The second kappa shape index (κ2) is 11.3. The third-order valence-electron chi connectivity index (χ3n) is 7.12. The fourth-order valence-corrected chi connectivity index (χ4v) is 5.71. The second-order valence-electron chi connectivity index (χ2n) is 9.76. The summed E-state index contributed by atoms with van der Waals surface area (Å²) in [6.07, 6.45) is 5.81. The highest BCUT2D eigenvalue weighted by molar-refractivity contribution is 7.16. The zero-order chi connectivity index (χ0) is 26.6. The van der Waals surface area contributed by atoms with Crippen LogP contribution in [-0.4, -0.2) is 51.8 Å². The van der Waals surface area contributed by atoms with Crippen LogP contribution in [0.15, 0.2) is 30.5 Å². The van der Waals surface area contributed by atoms with E-state index >= 15 is 0 Å². The summed E-state index contributed by atoms with van der Waals surface area (Å²) in [5.74, 6) is 0.604. The van der Waals surface area contributed by atoms with Crippen molar-refractivity contribution in [3.63, 3.8) is 0 Å². The summed E-state index contributed by atoms with van der Waals surface area (Å²) in [7, 11) is 1.48. The van der Waals surface area contributed by atoms with Crippen molar-refractivity contribution in [3.8, 4) is 11.8 Å². The maximum atomic E-state index is 13.5. The molecular weight excluding hydrogens is 502 g/mol. The molecule has 0 radical (unpaired) electrons. The van der Waals surface area contributed by atoms with Crippen LogP contribution in [0.2, 0.25) is 0 Å². The SMILES string of the molecule is COc1c(Nc2ncc(C#N)s2)nc(N2CCCC2c2ccc(C)cc2)nc1C(=O)NC1CCC(O)CC1. The molecule has 0 bridgehead atoms. The summed E-state index contributed by atoms with van der Waals surface area (Å²) < 4.78 is 5.66. The number of nitriles is 1. The van der Waals surface area contributed by atoms with Crippen LogP contribution >= 0.6 is 11.3 Å². The third kappa shape index (κ3) is 5.56. The molecule has 2 fully saturated rings. The van der Waals surface area contributed by atoms with Gasteiger partial charge in [0.1, 0.15) is 10.9 Å². The minimum Gasteiger partial charge on any atom is -0.491 e. The standard InChI is InChI=1S/C27H31N7O3S/c1-16-5-7-17(8-6-16)21-4-3-13-34(21)26-31-22(25(36)30-18-9-11-19(35)12-10-18)23(37-2)24(32-26)33-27-29-15-20(14-28)38-27/h5-8,15,18-19,21,35H,3-4,9-13H2,1-2H3,(H,30,36)(H,29,31,32,33). The predicted octanol–water partition coefficient (Wildman–Crippen LogP) is 4.24. The molecule has 198 valence electrons. The number of rotatable bonds is 7. The van der Waals surface area contributed by atoms with Gasteiger partial charge in [-0.05, 0) is 51.0 Å². The highest BCUT2D eigenvalue weighted by Gasteiger charge is 2.32. The van der Waals surface area contributed by atoms with E-state index in [0.717, 1.165) is 19.4 Å². The molecule has 2 aliphatic rings. The average Bonchev–Trinajstić information content (AvgIpc) is 3.60. The summed E-state index contributed by atoms with van der Waals surface area (Å²) in [6.45, 7) is 2.82. The summed E-state index contributed by atoms with van der Waals surface area (Å²) in [4.78, 5) is 29.9. The molecule has 1 aromatic carbocycles. The van der Waals surface area contributed by atoms with Crippen LogP contribution in [0, 0.1) is 18.3 Å². The summed E-state index contributed by atoms with van der Waals surface area (Å²) in [5.41, 5.74) is 2.50.